The number of fused-ring (bicyclic) bond motifs is 2. The summed E-state index contributed by atoms with van der Waals surface area (Å²) in [7, 11) is 0. The van der Waals surface area contributed by atoms with E-state index in [1.165, 1.54) is 0 Å². The molecule has 0 radical (unpaired) electrons. The lowest BCUT2D eigenvalue weighted by Crippen LogP contribution is -2.39. The fourth-order valence-corrected chi connectivity index (χ4v) is 4.31. The minimum Gasteiger partial charge on any atom is -0.487 e. The normalized spacial score (nSPS) is 17.2. The molecule has 1 aromatic heterocycles. The van der Waals surface area contributed by atoms with Crippen LogP contribution in [0.15, 0.2) is 67.0 Å². The molecule has 7 heteroatoms. The molecule has 166 valence electrons. The number of nitrogens with zero attached hydrogens (tertiary/aromatic N) is 1. The Morgan fingerprint density at radius 2 is 2.00 bits per heavy atom. The number of carbonyl (C=O) groups is 2. The number of carboxylic acids is 1. The molecule has 0 aliphatic carbocycles. The minimum atomic E-state index is -0.882. The SMILES string of the molecule is O=C1Nc2ccccc2/C1=C1\OCc2cc(CCNC(Cc3cccnc3)C(=O)O)ccc21. The summed E-state index contributed by atoms with van der Waals surface area (Å²) in [5, 5.41) is 15.6. The highest BCUT2D eigenvalue weighted by Gasteiger charge is 2.32. The Balaban J connectivity index is 1.28. The van der Waals surface area contributed by atoms with Crippen molar-refractivity contribution in [3.8, 4) is 0 Å². The van der Waals surface area contributed by atoms with Crippen LogP contribution in [0.25, 0.3) is 11.3 Å². The maximum absolute atomic E-state index is 12.6. The van der Waals surface area contributed by atoms with Crippen molar-refractivity contribution in [2.24, 2.45) is 0 Å². The molecule has 33 heavy (non-hydrogen) atoms. The second-order valence-corrected chi connectivity index (χ2v) is 8.14. The number of aliphatic carboxylic acids is 1. The molecule has 3 heterocycles. The standard InChI is InChI=1S/C26H23N3O4/c30-25-23(20-5-1-2-6-21(20)29-25)24-19-8-7-16(12-18(19)15-33-24)9-11-28-22(26(31)32)13-17-4-3-10-27-14-17/h1-8,10,12,14,22,28H,9,11,13,15H2,(H,29,30)(H,31,32)/b24-23+. The Hall–Kier alpha value is -3.97. The van der Waals surface area contributed by atoms with Crippen LogP contribution in [-0.2, 0) is 33.8 Å². The second-order valence-electron chi connectivity index (χ2n) is 8.14. The third-order valence-electron chi connectivity index (χ3n) is 5.95. The summed E-state index contributed by atoms with van der Waals surface area (Å²) in [4.78, 5) is 28.3. The van der Waals surface area contributed by atoms with E-state index >= 15 is 0 Å². The molecule has 3 aromatic rings. The number of amides is 1. The van der Waals surface area contributed by atoms with E-state index in [1.807, 2.05) is 42.5 Å². The molecule has 0 fully saturated rings. The van der Waals surface area contributed by atoms with Crippen LogP contribution >= 0.6 is 0 Å². The monoisotopic (exact) mass is 441 g/mol. The number of aromatic nitrogens is 1. The van der Waals surface area contributed by atoms with Crippen LogP contribution in [0.5, 0.6) is 0 Å². The van der Waals surface area contributed by atoms with E-state index < -0.39 is 12.0 Å². The Bertz CT molecular complexity index is 1250. The summed E-state index contributed by atoms with van der Waals surface area (Å²) in [6, 6.07) is 16.7. The minimum absolute atomic E-state index is 0.152. The molecule has 0 saturated heterocycles. The number of para-hydroxylation sites is 1. The third-order valence-corrected chi connectivity index (χ3v) is 5.95. The van der Waals surface area contributed by atoms with Gasteiger partial charge in [-0.15, -0.1) is 0 Å². The van der Waals surface area contributed by atoms with Crippen LogP contribution < -0.4 is 10.6 Å². The summed E-state index contributed by atoms with van der Waals surface area (Å²) < 4.78 is 5.95. The van der Waals surface area contributed by atoms with Gasteiger partial charge >= 0.3 is 5.97 Å². The smallest absolute Gasteiger partial charge is 0.321 e. The number of pyridine rings is 1. The van der Waals surface area contributed by atoms with Crippen LogP contribution in [0.3, 0.4) is 0 Å². The van der Waals surface area contributed by atoms with Gasteiger partial charge in [0.1, 0.15) is 18.4 Å². The summed E-state index contributed by atoms with van der Waals surface area (Å²) in [5.41, 5.74) is 6.13. The Morgan fingerprint density at radius 1 is 1.12 bits per heavy atom. The number of carbonyl (C=O) groups excluding carboxylic acids is 1. The maximum Gasteiger partial charge on any atom is 0.321 e. The molecule has 5 rings (SSSR count). The first-order valence-electron chi connectivity index (χ1n) is 10.9. The first kappa shape index (κ1) is 20.9. The largest absolute Gasteiger partial charge is 0.487 e. The molecule has 0 saturated carbocycles. The first-order valence-corrected chi connectivity index (χ1v) is 10.9. The van der Waals surface area contributed by atoms with Crippen molar-refractivity contribution in [1.29, 1.82) is 0 Å². The maximum atomic E-state index is 12.6. The van der Waals surface area contributed by atoms with E-state index in [-0.39, 0.29) is 5.91 Å². The molecule has 7 nitrogen and oxygen atoms in total. The molecule has 1 amide bonds. The van der Waals surface area contributed by atoms with E-state index in [0.29, 0.717) is 37.3 Å². The van der Waals surface area contributed by atoms with E-state index in [0.717, 1.165) is 33.5 Å². The summed E-state index contributed by atoms with van der Waals surface area (Å²) in [6.07, 6.45) is 4.41. The van der Waals surface area contributed by atoms with Crippen molar-refractivity contribution in [2.45, 2.75) is 25.5 Å². The third kappa shape index (κ3) is 4.23. The van der Waals surface area contributed by atoms with Gasteiger partial charge in [-0.25, -0.2) is 0 Å². The number of anilines is 1. The summed E-state index contributed by atoms with van der Waals surface area (Å²) >= 11 is 0. The van der Waals surface area contributed by atoms with Crippen LogP contribution in [-0.4, -0.2) is 34.6 Å². The number of carboxylic acid groups (broad SMARTS) is 1. The fourth-order valence-electron chi connectivity index (χ4n) is 4.31. The molecule has 1 atom stereocenters. The molecule has 3 N–H and O–H groups in total. The van der Waals surface area contributed by atoms with Gasteiger partial charge in [0.25, 0.3) is 5.91 Å². The van der Waals surface area contributed by atoms with Gasteiger partial charge in [-0.1, -0.05) is 42.5 Å². The van der Waals surface area contributed by atoms with Crippen molar-refractivity contribution in [3.63, 3.8) is 0 Å². The molecule has 2 aromatic carbocycles. The lowest BCUT2D eigenvalue weighted by Gasteiger charge is -2.14. The Morgan fingerprint density at radius 3 is 2.82 bits per heavy atom. The highest BCUT2D eigenvalue weighted by atomic mass is 16.5. The summed E-state index contributed by atoms with van der Waals surface area (Å²) in [5.74, 6) is -0.423. The van der Waals surface area contributed by atoms with E-state index in [9.17, 15) is 14.7 Å². The van der Waals surface area contributed by atoms with E-state index in [2.05, 4.69) is 21.7 Å². The number of hydrogen-bond acceptors (Lipinski definition) is 5. The van der Waals surface area contributed by atoms with Gasteiger partial charge in [0.15, 0.2) is 0 Å². The average molecular weight is 441 g/mol. The molecule has 1 unspecified atom stereocenters. The van der Waals surface area contributed by atoms with Gasteiger partial charge < -0.3 is 20.5 Å². The molecular formula is C26H23N3O4. The fraction of sp³-hybridized carbons (Fsp3) is 0.192. The first-order chi connectivity index (χ1) is 16.1. The van der Waals surface area contributed by atoms with Gasteiger partial charge in [-0.3, -0.25) is 14.6 Å². The number of nitrogens with one attached hydrogen (secondary N) is 2. The lowest BCUT2D eigenvalue weighted by molar-refractivity contribution is -0.139. The highest BCUT2D eigenvalue weighted by Crippen LogP contribution is 2.41. The zero-order chi connectivity index (χ0) is 22.8. The second kappa shape index (κ2) is 8.88. The molecule has 0 spiro atoms. The zero-order valence-electron chi connectivity index (χ0n) is 17.9. The predicted octanol–water partition coefficient (Wildman–Crippen LogP) is 3.26. The Kier molecular flexibility index (Phi) is 5.62. The van der Waals surface area contributed by atoms with Gasteiger partial charge in [0, 0.05) is 34.8 Å². The van der Waals surface area contributed by atoms with Gasteiger partial charge in [-0.05, 0) is 42.6 Å². The number of hydrogen-bond donors (Lipinski definition) is 3. The van der Waals surface area contributed by atoms with Crippen molar-refractivity contribution in [1.82, 2.24) is 10.3 Å². The van der Waals surface area contributed by atoms with Crippen LogP contribution in [0.2, 0.25) is 0 Å². The van der Waals surface area contributed by atoms with Gasteiger partial charge in [-0.2, -0.15) is 0 Å². The van der Waals surface area contributed by atoms with Crippen LogP contribution in [0.4, 0.5) is 5.69 Å². The number of rotatable bonds is 7. The van der Waals surface area contributed by atoms with Crippen molar-refractivity contribution < 1.29 is 19.4 Å². The Labute approximate surface area is 191 Å². The van der Waals surface area contributed by atoms with Crippen molar-refractivity contribution in [2.75, 3.05) is 11.9 Å². The molecule has 0 bridgehead atoms. The quantitative estimate of drug-likeness (QED) is 0.487. The number of ether oxygens (including phenoxy) is 1. The lowest BCUT2D eigenvalue weighted by atomic mass is 9.98. The average Bonchev–Trinajstić information content (AvgIpc) is 3.38. The molecule has 2 aliphatic heterocycles. The van der Waals surface area contributed by atoms with E-state index in [1.54, 1.807) is 18.5 Å². The zero-order valence-corrected chi connectivity index (χ0v) is 17.9. The topological polar surface area (TPSA) is 101 Å². The predicted molar refractivity (Wildman–Crippen MR) is 124 cm³/mol. The van der Waals surface area contributed by atoms with Gasteiger partial charge in [0.2, 0.25) is 0 Å². The van der Waals surface area contributed by atoms with Crippen LogP contribution in [0, 0.1) is 0 Å². The van der Waals surface area contributed by atoms with Crippen LogP contribution in [0.1, 0.15) is 27.8 Å². The molecular weight excluding hydrogens is 418 g/mol. The molecule has 2 aliphatic rings. The van der Waals surface area contributed by atoms with Crippen molar-refractivity contribution >= 4 is 28.9 Å². The number of benzene rings is 2. The highest BCUT2D eigenvalue weighted by molar-refractivity contribution is 6.36. The van der Waals surface area contributed by atoms with E-state index in [4.69, 9.17) is 4.74 Å². The van der Waals surface area contributed by atoms with Gasteiger partial charge in [0.05, 0.1) is 5.57 Å². The summed E-state index contributed by atoms with van der Waals surface area (Å²) in [6.45, 7) is 0.935. The van der Waals surface area contributed by atoms with Crippen molar-refractivity contribution in [3.05, 3.63) is 94.8 Å².